The van der Waals surface area contributed by atoms with E-state index < -0.39 is 5.82 Å². The van der Waals surface area contributed by atoms with Crippen LogP contribution < -0.4 is 5.32 Å². The van der Waals surface area contributed by atoms with Gasteiger partial charge in [0.25, 0.3) is 5.91 Å². The molecule has 0 atom stereocenters. The average Bonchev–Trinajstić information content (AvgIpc) is 3.25. The number of aromatic nitrogens is 5. The molecule has 1 aliphatic rings. The van der Waals surface area contributed by atoms with E-state index in [9.17, 15) is 13.6 Å². The highest BCUT2D eigenvalue weighted by atomic mass is 19.1. The fourth-order valence-corrected chi connectivity index (χ4v) is 4.46. The van der Waals surface area contributed by atoms with Gasteiger partial charge in [-0.05, 0) is 69.2 Å². The van der Waals surface area contributed by atoms with Crippen molar-refractivity contribution in [3.63, 3.8) is 0 Å². The van der Waals surface area contributed by atoms with E-state index in [0.29, 0.717) is 39.7 Å². The Labute approximate surface area is 195 Å². The Morgan fingerprint density at radius 1 is 1.00 bits per heavy atom. The zero-order valence-corrected chi connectivity index (χ0v) is 19.0. The van der Waals surface area contributed by atoms with E-state index in [2.05, 4.69) is 20.6 Å². The molecule has 1 amide bonds. The van der Waals surface area contributed by atoms with Crippen molar-refractivity contribution in [1.82, 2.24) is 24.5 Å². The van der Waals surface area contributed by atoms with Gasteiger partial charge in [0.05, 0.1) is 28.2 Å². The van der Waals surface area contributed by atoms with Crippen LogP contribution in [0.2, 0.25) is 0 Å². The fourth-order valence-electron chi connectivity index (χ4n) is 4.46. The zero-order chi connectivity index (χ0) is 23.8. The fraction of sp³-hybridized carbons (Fsp3) is 0.280. The number of anilines is 1. The summed E-state index contributed by atoms with van der Waals surface area (Å²) in [4.78, 5) is 13.2. The van der Waals surface area contributed by atoms with Crippen molar-refractivity contribution in [2.45, 2.75) is 46.1 Å². The first-order valence-electron chi connectivity index (χ1n) is 11.3. The minimum absolute atomic E-state index is 0.300. The summed E-state index contributed by atoms with van der Waals surface area (Å²) >= 11 is 0. The van der Waals surface area contributed by atoms with Crippen LogP contribution in [0.1, 0.15) is 46.8 Å². The number of halogens is 2. The minimum Gasteiger partial charge on any atom is -0.322 e. The number of benzene rings is 2. The molecule has 4 aromatic rings. The molecule has 0 saturated carbocycles. The second-order valence-electron chi connectivity index (χ2n) is 8.48. The van der Waals surface area contributed by atoms with Gasteiger partial charge in [-0.3, -0.25) is 4.79 Å². The van der Waals surface area contributed by atoms with Gasteiger partial charge in [-0.25, -0.2) is 13.5 Å². The van der Waals surface area contributed by atoms with Crippen molar-refractivity contribution in [3.05, 3.63) is 76.9 Å². The normalized spacial score (nSPS) is 13.4. The highest BCUT2D eigenvalue weighted by molar-refractivity contribution is 6.06. The quantitative estimate of drug-likeness (QED) is 0.463. The summed E-state index contributed by atoms with van der Waals surface area (Å²) < 4.78 is 31.7. The number of nitrogens with zero attached hydrogens (tertiary/aromatic N) is 5. The summed E-state index contributed by atoms with van der Waals surface area (Å²) in [6, 6.07) is 10.3. The summed E-state index contributed by atoms with van der Waals surface area (Å²) in [5.41, 5.74) is 2.95. The molecular weight excluding hydrogens is 438 g/mol. The number of amides is 1. The Morgan fingerprint density at radius 3 is 2.59 bits per heavy atom. The first-order valence-corrected chi connectivity index (χ1v) is 11.3. The Hall–Kier alpha value is -3.88. The molecule has 0 aliphatic carbocycles. The van der Waals surface area contributed by atoms with Crippen LogP contribution in [0.15, 0.2) is 42.5 Å². The van der Waals surface area contributed by atoms with Gasteiger partial charge >= 0.3 is 0 Å². The summed E-state index contributed by atoms with van der Waals surface area (Å²) in [5, 5.41) is 15.8. The van der Waals surface area contributed by atoms with Crippen LogP contribution >= 0.6 is 0 Å². The van der Waals surface area contributed by atoms with Gasteiger partial charge in [0.2, 0.25) is 0 Å². The van der Waals surface area contributed by atoms with E-state index in [1.165, 1.54) is 24.3 Å². The first kappa shape index (κ1) is 21.9. The van der Waals surface area contributed by atoms with Crippen LogP contribution in [0.4, 0.5) is 14.5 Å². The predicted octanol–water partition coefficient (Wildman–Crippen LogP) is 5.00. The van der Waals surface area contributed by atoms with Crippen LogP contribution in [0, 0.1) is 25.5 Å². The molecule has 0 saturated heterocycles. The predicted molar refractivity (Wildman–Crippen MR) is 124 cm³/mol. The standard InChI is InChI=1S/C25H24F2N6O/c1-15-23(16(2)33(31-15)19-10-7-17(26)8-11-19)25(34)28-18-9-12-21(27)20(14-18)24-30-29-22-6-4-3-5-13-32(22)24/h7-12,14H,3-6,13H2,1-2H3,(H,28,34). The lowest BCUT2D eigenvalue weighted by molar-refractivity contribution is 0.102. The number of hydrogen-bond donors (Lipinski definition) is 1. The minimum atomic E-state index is -0.422. The van der Waals surface area contributed by atoms with E-state index in [0.717, 1.165) is 38.1 Å². The van der Waals surface area contributed by atoms with Crippen LogP contribution in [-0.4, -0.2) is 30.5 Å². The van der Waals surface area contributed by atoms with Crippen molar-refractivity contribution in [2.75, 3.05) is 5.32 Å². The summed E-state index contributed by atoms with van der Waals surface area (Å²) in [6.07, 6.45) is 3.96. The second-order valence-corrected chi connectivity index (χ2v) is 8.48. The number of rotatable bonds is 4. The van der Waals surface area contributed by atoms with E-state index in [-0.39, 0.29) is 11.7 Å². The molecule has 34 heavy (non-hydrogen) atoms. The topological polar surface area (TPSA) is 77.6 Å². The number of fused-ring (bicyclic) bond motifs is 1. The van der Waals surface area contributed by atoms with Crippen molar-refractivity contribution in [2.24, 2.45) is 0 Å². The monoisotopic (exact) mass is 462 g/mol. The van der Waals surface area contributed by atoms with E-state index in [1.807, 2.05) is 4.57 Å². The SMILES string of the molecule is Cc1nn(-c2ccc(F)cc2)c(C)c1C(=O)Nc1ccc(F)c(-c2nnc3n2CCCCC3)c1. The number of hydrogen-bond acceptors (Lipinski definition) is 4. The first-order chi connectivity index (χ1) is 16.4. The summed E-state index contributed by atoms with van der Waals surface area (Å²) in [5.74, 6) is 0.206. The largest absolute Gasteiger partial charge is 0.322 e. The molecule has 0 spiro atoms. The number of aryl methyl sites for hydroxylation is 2. The van der Waals surface area contributed by atoms with Crippen LogP contribution in [0.5, 0.6) is 0 Å². The summed E-state index contributed by atoms with van der Waals surface area (Å²) in [7, 11) is 0. The van der Waals surface area contributed by atoms with E-state index in [4.69, 9.17) is 0 Å². The molecule has 0 radical (unpaired) electrons. The average molecular weight is 463 g/mol. The van der Waals surface area contributed by atoms with Gasteiger partial charge < -0.3 is 9.88 Å². The highest BCUT2D eigenvalue weighted by Gasteiger charge is 2.22. The summed E-state index contributed by atoms with van der Waals surface area (Å²) in [6.45, 7) is 4.26. The van der Waals surface area contributed by atoms with Gasteiger partial charge in [-0.15, -0.1) is 10.2 Å². The maximum Gasteiger partial charge on any atom is 0.259 e. The molecule has 1 N–H and O–H groups in total. The Kier molecular flexibility index (Phi) is 5.69. The molecule has 1 aliphatic heterocycles. The Bertz CT molecular complexity index is 1370. The Balaban J connectivity index is 1.45. The lowest BCUT2D eigenvalue weighted by Gasteiger charge is -2.11. The number of nitrogens with one attached hydrogen (secondary N) is 1. The van der Waals surface area contributed by atoms with Gasteiger partial charge in [-0.2, -0.15) is 5.10 Å². The lowest BCUT2D eigenvalue weighted by Crippen LogP contribution is -2.14. The van der Waals surface area contributed by atoms with Gasteiger partial charge in [0.15, 0.2) is 5.82 Å². The third kappa shape index (κ3) is 3.98. The molecule has 9 heteroatoms. The van der Waals surface area contributed by atoms with Crippen LogP contribution in [0.25, 0.3) is 17.1 Å². The molecule has 174 valence electrons. The van der Waals surface area contributed by atoms with Gasteiger partial charge in [0, 0.05) is 18.7 Å². The van der Waals surface area contributed by atoms with E-state index >= 15 is 0 Å². The molecule has 0 fully saturated rings. The number of carbonyl (C=O) groups is 1. The maximum atomic E-state index is 14.8. The van der Waals surface area contributed by atoms with Crippen LogP contribution in [-0.2, 0) is 13.0 Å². The van der Waals surface area contributed by atoms with Crippen molar-refractivity contribution >= 4 is 11.6 Å². The third-order valence-electron chi connectivity index (χ3n) is 6.16. The molecular formula is C25H24F2N6O. The Morgan fingerprint density at radius 2 is 1.79 bits per heavy atom. The van der Waals surface area contributed by atoms with Crippen molar-refractivity contribution < 1.29 is 13.6 Å². The molecule has 5 rings (SSSR count). The highest BCUT2D eigenvalue weighted by Crippen LogP contribution is 2.28. The molecule has 3 heterocycles. The second kappa shape index (κ2) is 8.81. The van der Waals surface area contributed by atoms with E-state index in [1.54, 1.807) is 36.7 Å². The molecule has 2 aromatic heterocycles. The lowest BCUT2D eigenvalue weighted by atomic mass is 10.1. The maximum absolute atomic E-state index is 14.8. The molecule has 0 bridgehead atoms. The van der Waals surface area contributed by atoms with Gasteiger partial charge in [-0.1, -0.05) is 6.42 Å². The van der Waals surface area contributed by atoms with Gasteiger partial charge in [0.1, 0.15) is 17.5 Å². The number of carbonyl (C=O) groups excluding carboxylic acids is 1. The van der Waals surface area contributed by atoms with Crippen LogP contribution in [0.3, 0.4) is 0 Å². The van der Waals surface area contributed by atoms with Crippen molar-refractivity contribution in [1.29, 1.82) is 0 Å². The third-order valence-corrected chi connectivity index (χ3v) is 6.16. The zero-order valence-electron chi connectivity index (χ0n) is 19.0. The molecule has 2 aromatic carbocycles. The smallest absolute Gasteiger partial charge is 0.259 e. The molecule has 0 unspecified atom stereocenters. The van der Waals surface area contributed by atoms with Crippen molar-refractivity contribution in [3.8, 4) is 17.1 Å². The molecule has 7 nitrogen and oxygen atoms in total.